The second-order valence-electron chi connectivity index (χ2n) is 10.8. The summed E-state index contributed by atoms with van der Waals surface area (Å²) in [5.41, 5.74) is 2.85. The molecule has 0 spiro atoms. The summed E-state index contributed by atoms with van der Waals surface area (Å²) >= 11 is 0. The third kappa shape index (κ3) is 4.08. The number of pyridine rings is 1. The Morgan fingerprint density at radius 1 is 1.06 bits per heavy atom. The van der Waals surface area contributed by atoms with Gasteiger partial charge >= 0.3 is 0 Å². The number of hydrogen-bond acceptors (Lipinski definition) is 5. The van der Waals surface area contributed by atoms with Crippen LogP contribution in [0.1, 0.15) is 46.0 Å². The highest BCUT2D eigenvalue weighted by atomic mass is 19.1. The standard InChI is InChI=1S/C27H31FN4O2/c1-26-9-10-27(2,16-26)15-20(14-26)31(3)24-7-6-22(29-30-24)21-5-4-18(12-23(21)33)19-8-11-32(17-28)25(34)13-19/h4-8,11-13,20,33H,9-10,14-17H2,1-3H3/t20-,26-,27+. The minimum absolute atomic E-state index is 0.0484. The molecule has 0 aliphatic heterocycles. The van der Waals surface area contributed by atoms with E-state index in [0.29, 0.717) is 39.3 Å². The number of aromatic nitrogens is 3. The second-order valence-corrected chi connectivity index (χ2v) is 10.8. The molecular weight excluding hydrogens is 431 g/mol. The Morgan fingerprint density at radius 2 is 1.76 bits per heavy atom. The van der Waals surface area contributed by atoms with Crippen LogP contribution in [0, 0.1) is 10.8 Å². The lowest BCUT2D eigenvalue weighted by Crippen LogP contribution is -2.42. The van der Waals surface area contributed by atoms with Gasteiger partial charge in [-0.15, -0.1) is 10.2 Å². The van der Waals surface area contributed by atoms with Gasteiger partial charge in [0.2, 0.25) is 0 Å². The molecule has 2 fully saturated rings. The minimum atomic E-state index is -0.869. The minimum Gasteiger partial charge on any atom is -0.507 e. The summed E-state index contributed by atoms with van der Waals surface area (Å²) < 4.78 is 13.8. The molecule has 2 aliphatic rings. The molecule has 0 amide bonds. The summed E-state index contributed by atoms with van der Waals surface area (Å²) in [6.07, 6.45) is 7.70. The number of nitrogens with zero attached hydrogens (tertiary/aromatic N) is 4. The number of aromatic hydroxyl groups is 1. The van der Waals surface area contributed by atoms with Gasteiger partial charge in [0.05, 0.1) is 5.69 Å². The first-order chi connectivity index (χ1) is 16.2. The van der Waals surface area contributed by atoms with E-state index in [2.05, 4.69) is 36.0 Å². The first-order valence-corrected chi connectivity index (χ1v) is 11.9. The summed E-state index contributed by atoms with van der Waals surface area (Å²) in [5.74, 6) is 0.888. The number of fused-ring (bicyclic) bond motifs is 2. The molecule has 1 aromatic carbocycles. The number of alkyl halides is 1. The van der Waals surface area contributed by atoms with Crippen molar-refractivity contribution in [3.05, 3.63) is 59.0 Å². The highest BCUT2D eigenvalue weighted by Gasteiger charge is 2.50. The van der Waals surface area contributed by atoms with Gasteiger partial charge in [0.15, 0.2) is 12.6 Å². The zero-order valence-electron chi connectivity index (χ0n) is 20.0. The van der Waals surface area contributed by atoms with Crippen LogP contribution in [-0.2, 0) is 6.80 Å². The third-order valence-electron chi connectivity index (χ3n) is 7.93. The molecule has 3 atom stereocenters. The number of phenolic OH excluding ortho intramolecular Hbond substituents is 1. The van der Waals surface area contributed by atoms with Gasteiger partial charge in [0.25, 0.3) is 5.56 Å². The number of phenols is 1. The quantitative estimate of drug-likeness (QED) is 0.550. The molecule has 1 N–H and O–H groups in total. The molecule has 178 valence electrons. The lowest BCUT2D eigenvalue weighted by Gasteiger charge is -2.44. The zero-order valence-corrected chi connectivity index (χ0v) is 20.0. The molecule has 2 aromatic heterocycles. The molecule has 2 aliphatic carbocycles. The van der Waals surface area contributed by atoms with E-state index in [4.69, 9.17) is 0 Å². The van der Waals surface area contributed by atoms with Gasteiger partial charge < -0.3 is 10.0 Å². The molecule has 34 heavy (non-hydrogen) atoms. The van der Waals surface area contributed by atoms with Crippen molar-refractivity contribution >= 4 is 5.82 Å². The Balaban J connectivity index is 1.35. The van der Waals surface area contributed by atoms with Crippen LogP contribution in [0.25, 0.3) is 22.4 Å². The van der Waals surface area contributed by atoms with Gasteiger partial charge in [0, 0.05) is 30.9 Å². The molecule has 0 saturated heterocycles. The average molecular weight is 463 g/mol. The number of rotatable bonds is 5. The van der Waals surface area contributed by atoms with Crippen LogP contribution in [-0.4, -0.2) is 33.0 Å². The van der Waals surface area contributed by atoms with E-state index >= 15 is 0 Å². The Hall–Kier alpha value is -3.22. The van der Waals surface area contributed by atoms with Crippen molar-refractivity contribution in [1.82, 2.24) is 14.8 Å². The van der Waals surface area contributed by atoms with E-state index in [9.17, 15) is 14.3 Å². The third-order valence-corrected chi connectivity index (χ3v) is 7.93. The van der Waals surface area contributed by atoms with Crippen LogP contribution >= 0.6 is 0 Å². The summed E-state index contributed by atoms with van der Waals surface area (Å²) in [6.45, 7) is 3.98. The molecule has 0 unspecified atom stereocenters. The molecule has 2 saturated carbocycles. The Bertz CT molecular complexity index is 1260. The summed E-state index contributed by atoms with van der Waals surface area (Å²) in [4.78, 5) is 14.2. The molecule has 2 bridgehead atoms. The monoisotopic (exact) mass is 462 g/mol. The molecule has 0 radical (unpaired) electrons. The van der Waals surface area contributed by atoms with Crippen LogP contribution in [0.15, 0.2) is 53.5 Å². The summed E-state index contributed by atoms with van der Waals surface area (Å²) in [7, 11) is 2.11. The van der Waals surface area contributed by atoms with E-state index in [1.165, 1.54) is 44.4 Å². The fourth-order valence-electron chi connectivity index (χ4n) is 6.20. The highest BCUT2D eigenvalue weighted by molar-refractivity contribution is 5.74. The first kappa shape index (κ1) is 22.6. The molecular formula is C27H31FN4O2. The molecule has 5 rings (SSSR count). The van der Waals surface area contributed by atoms with Crippen molar-refractivity contribution < 1.29 is 9.50 Å². The maximum absolute atomic E-state index is 12.8. The zero-order chi connectivity index (χ0) is 24.1. The lowest BCUT2D eigenvalue weighted by molar-refractivity contribution is 0.148. The second kappa shape index (κ2) is 8.22. The van der Waals surface area contributed by atoms with Gasteiger partial charge in [-0.05, 0) is 84.4 Å². The van der Waals surface area contributed by atoms with Crippen LogP contribution in [0.2, 0.25) is 0 Å². The predicted octanol–water partition coefficient (Wildman–Crippen LogP) is 5.40. The van der Waals surface area contributed by atoms with Crippen LogP contribution in [0.4, 0.5) is 10.2 Å². The van der Waals surface area contributed by atoms with E-state index < -0.39 is 12.4 Å². The van der Waals surface area contributed by atoms with Crippen molar-refractivity contribution in [2.24, 2.45) is 10.8 Å². The van der Waals surface area contributed by atoms with Gasteiger partial charge in [-0.3, -0.25) is 9.36 Å². The smallest absolute Gasteiger partial charge is 0.253 e. The van der Waals surface area contributed by atoms with Crippen LogP contribution in [0.5, 0.6) is 5.75 Å². The van der Waals surface area contributed by atoms with Gasteiger partial charge in [-0.1, -0.05) is 19.9 Å². The van der Waals surface area contributed by atoms with E-state index in [0.717, 1.165) is 10.4 Å². The molecule has 2 heterocycles. The number of anilines is 1. The Morgan fingerprint density at radius 3 is 2.35 bits per heavy atom. The fraction of sp³-hybridized carbons (Fsp3) is 0.444. The van der Waals surface area contributed by atoms with E-state index in [1.807, 2.05) is 18.2 Å². The van der Waals surface area contributed by atoms with Gasteiger partial charge in [0.1, 0.15) is 5.75 Å². The highest BCUT2D eigenvalue weighted by Crippen LogP contribution is 2.58. The van der Waals surface area contributed by atoms with Gasteiger partial charge in [-0.25, -0.2) is 4.39 Å². The SMILES string of the molecule is CN(c1ccc(-c2ccc(-c3ccn(CF)c(=O)c3)cc2O)nn1)[C@H]1C[C@]2(C)CC[C@](C)(C1)C2. The topological polar surface area (TPSA) is 71.2 Å². The predicted molar refractivity (Wildman–Crippen MR) is 131 cm³/mol. The fourth-order valence-corrected chi connectivity index (χ4v) is 6.20. The van der Waals surface area contributed by atoms with Crippen molar-refractivity contribution in [2.75, 3.05) is 11.9 Å². The maximum atomic E-state index is 12.8. The summed E-state index contributed by atoms with van der Waals surface area (Å²) in [6, 6.07) is 12.5. The largest absolute Gasteiger partial charge is 0.507 e. The number of halogens is 1. The van der Waals surface area contributed by atoms with Crippen molar-refractivity contribution in [1.29, 1.82) is 0 Å². The first-order valence-electron chi connectivity index (χ1n) is 11.9. The van der Waals surface area contributed by atoms with Crippen molar-refractivity contribution in [2.45, 2.75) is 58.8 Å². The Labute approximate surface area is 199 Å². The van der Waals surface area contributed by atoms with Crippen LogP contribution in [0.3, 0.4) is 0 Å². The molecule has 7 heteroatoms. The maximum Gasteiger partial charge on any atom is 0.253 e. The summed E-state index contributed by atoms with van der Waals surface area (Å²) in [5, 5.41) is 19.5. The van der Waals surface area contributed by atoms with E-state index in [-0.39, 0.29) is 5.75 Å². The molecule has 3 aromatic rings. The number of hydrogen-bond donors (Lipinski definition) is 1. The average Bonchev–Trinajstić information content (AvgIpc) is 3.05. The van der Waals surface area contributed by atoms with Crippen molar-refractivity contribution in [3.63, 3.8) is 0 Å². The number of benzene rings is 1. The normalized spacial score (nSPS) is 25.9. The van der Waals surface area contributed by atoms with Crippen LogP contribution < -0.4 is 10.5 Å². The lowest BCUT2D eigenvalue weighted by atomic mass is 9.68. The van der Waals surface area contributed by atoms with Crippen molar-refractivity contribution in [3.8, 4) is 28.1 Å². The molecule has 6 nitrogen and oxygen atoms in total. The van der Waals surface area contributed by atoms with E-state index in [1.54, 1.807) is 18.2 Å². The Kier molecular flexibility index (Phi) is 5.46. The van der Waals surface area contributed by atoms with Gasteiger partial charge in [-0.2, -0.15) is 0 Å².